The van der Waals surface area contributed by atoms with Crippen molar-refractivity contribution in [2.24, 2.45) is 0 Å². The minimum atomic E-state index is -1.07. The second kappa shape index (κ2) is 10.1. The highest BCUT2D eigenvalue weighted by Crippen LogP contribution is 1.70. The van der Waals surface area contributed by atoms with Crippen LogP contribution in [0.4, 0.5) is 0 Å². The lowest BCUT2D eigenvalue weighted by Crippen LogP contribution is -1.98. The maximum atomic E-state index is 9.95. The first-order valence-corrected chi connectivity index (χ1v) is 3.37. The van der Waals surface area contributed by atoms with E-state index in [1.165, 1.54) is 6.92 Å². The zero-order chi connectivity index (χ0) is 10.7. The van der Waals surface area contributed by atoms with Crippen molar-refractivity contribution in [1.82, 2.24) is 0 Å². The number of carbonyl (C=O) groups excluding carboxylic acids is 1. The lowest BCUT2D eigenvalue weighted by atomic mass is 10.6. The summed E-state index contributed by atoms with van der Waals surface area (Å²) >= 11 is 0. The molecule has 13 heavy (non-hydrogen) atoms. The Labute approximate surface area is 76.9 Å². The molecule has 0 spiro atoms. The van der Waals surface area contributed by atoms with Gasteiger partial charge in [-0.1, -0.05) is 5.92 Å². The molecule has 0 aliphatic heterocycles. The van der Waals surface area contributed by atoms with Gasteiger partial charge in [-0.25, -0.2) is 9.59 Å². The fourth-order valence-electron chi connectivity index (χ4n) is 0.280. The number of carbonyl (C=O) groups is 2. The van der Waals surface area contributed by atoms with Gasteiger partial charge in [-0.05, 0) is 13.8 Å². The molecule has 0 rings (SSSR count). The second-order valence-corrected chi connectivity index (χ2v) is 1.54. The van der Waals surface area contributed by atoms with Crippen LogP contribution in [0.3, 0.4) is 0 Å². The van der Waals surface area contributed by atoms with Crippen LogP contribution in [-0.2, 0) is 14.3 Å². The van der Waals surface area contributed by atoms with E-state index in [9.17, 15) is 9.59 Å². The van der Waals surface area contributed by atoms with E-state index in [0.717, 1.165) is 0 Å². The zero-order valence-electron chi connectivity index (χ0n) is 7.46. The molecule has 4 heteroatoms. The van der Waals surface area contributed by atoms with Crippen LogP contribution >= 0.6 is 0 Å². The van der Waals surface area contributed by atoms with Crippen LogP contribution in [0.2, 0.25) is 0 Å². The van der Waals surface area contributed by atoms with E-state index in [-0.39, 0.29) is 0 Å². The molecule has 0 aliphatic carbocycles. The molecule has 0 heterocycles. The Bertz CT molecular complexity index is 262. The first-order valence-electron chi connectivity index (χ1n) is 3.37. The summed E-state index contributed by atoms with van der Waals surface area (Å²) in [5.74, 6) is 4.23. The molecule has 70 valence electrons. The van der Waals surface area contributed by atoms with Crippen molar-refractivity contribution in [1.29, 1.82) is 0 Å². The van der Waals surface area contributed by atoms with Crippen molar-refractivity contribution in [3.8, 4) is 24.2 Å². The Hall–Kier alpha value is -1.94. The third-order valence-electron chi connectivity index (χ3n) is 0.625. The molecule has 0 amide bonds. The highest BCUT2D eigenvalue weighted by molar-refractivity contribution is 5.87. The summed E-state index contributed by atoms with van der Waals surface area (Å²) in [4.78, 5) is 19.4. The SMILES string of the molecule is C#CC(=O)OCC.CC#CC(=O)O. The quantitative estimate of drug-likeness (QED) is 0.359. The number of hydrogen-bond acceptors (Lipinski definition) is 3. The van der Waals surface area contributed by atoms with Gasteiger partial charge in [-0.15, -0.1) is 6.42 Å². The molecule has 0 aliphatic rings. The number of aliphatic carboxylic acids is 1. The Kier molecular flexibility index (Phi) is 10.6. The van der Waals surface area contributed by atoms with Gasteiger partial charge in [0.1, 0.15) is 0 Å². The minimum absolute atomic E-state index is 0.350. The molecule has 0 aromatic rings. The molecule has 4 nitrogen and oxygen atoms in total. The molecule has 0 radical (unpaired) electrons. The molecular weight excluding hydrogens is 172 g/mol. The predicted molar refractivity (Wildman–Crippen MR) is 46.6 cm³/mol. The molecule has 0 saturated carbocycles. The largest absolute Gasteiger partial charge is 0.472 e. The standard InChI is InChI=1S/C5H6O2.C4H4O2/c1-3-5(6)7-4-2;1-2-3-4(5)6/h1H,4H2,2H3;1H3,(H,5,6). The molecule has 0 saturated heterocycles. The van der Waals surface area contributed by atoms with Crippen LogP contribution in [0.1, 0.15) is 13.8 Å². The molecule has 0 unspecified atom stereocenters. The number of esters is 1. The summed E-state index contributed by atoms with van der Waals surface area (Å²) in [5.41, 5.74) is 0. The van der Waals surface area contributed by atoms with Crippen LogP contribution in [0.5, 0.6) is 0 Å². The van der Waals surface area contributed by atoms with Gasteiger partial charge in [0.2, 0.25) is 0 Å². The van der Waals surface area contributed by atoms with E-state index in [4.69, 9.17) is 5.11 Å². The highest BCUT2D eigenvalue weighted by Gasteiger charge is 1.87. The maximum absolute atomic E-state index is 9.95. The van der Waals surface area contributed by atoms with E-state index >= 15 is 0 Å². The number of carboxylic acids is 1. The first-order chi connectivity index (χ1) is 6.08. The van der Waals surface area contributed by atoms with Gasteiger partial charge in [0.05, 0.1) is 6.61 Å². The topological polar surface area (TPSA) is 63.6 Å². The van der Waals surface area contributed by atoms with Crippen molar-refractivity contribution in [2.45, 2.75) is 13.8 Å². The fourth-order valence-corrected chi connectivity index (χ4v) is 0.280. The van der Waals surface area contributed by atoms with Crippen LogP contribution in [0.25, 0.3) is 0 Å². The summed E-state index contributed by atoms with van der Waals surface area (Å²) in [6.45, 7) is 3.53. The van der Waals surface area contributed by atoms with E-state index in [0.29, 0.717) is 6.61 Å². The Morgan fingerprint density at radius 2 is 2.08 bits per heavy atom. The third kappa shape index (κ3) is 17.8. The van der Waals surface area contributed by atoms with Gasteiger partial charge < -0.3 is 9.84 Å². The monoisotopic (exact) mass is 182 g/mol. The van der Waals surface area contributed by atoms with Crippen molar-refractivity contribution < 1.29 is 19.4 Å². The summed E-state index contributed by atoms with van der Waals surface area (Å²) in [5, 5.41) is 7.74. The van der Waals surface area contributed by atoms with Gasteiger partial charge >= 0.3 is 11.9 Å². The number of rotatable bonds is 1. The van der Waals surface area contributed by atoms with Crippen LogP contribution < -0.4 is 0 Å². The molecule has 0 fully saturated rings. The van der Waals surface area contributed by atoms with Crippen LogP contribution in [-0.4, -0.2) is 23.7 Å². The third-order valence-corrected chi connectivity index (χ3v) is 0.625. The lowest BCUT2D eigenvalue weighted by molar-refractivity contribution is -0.136. The van der Waals surface area contributed by atoms with Crippen LogP contribution in [0.15, 0.2) is 0 Å². The van der Waals surface area contributed by atoms with Gasteiger partial charge in [0.25, 0.3) is 0 Å². The molecule has 0 aromatic heterocycles. The van der Waals surface area contributed by atoms with Crippen molar-refractivity contribution >= 4 is 11.9 Å². The van der Waals surface area contributed by atoms with E-state index in [2.05, 4.69) is 17.1 Å². The smallest absolute Gasteiger partial charge is 0.384 e. The number of carboxylic acid groups (broad SMARTS) is 1. The summed E-state index contributed by atoms with van der Waals surface area (Å²) in [7, 11) is 0. The van der Waals surface area contributed by atoms with Gasteiger partial charge in [-0.3, -0.25) is 0 Å². The molecule has 0 aromatic carbocycles. The van der Waals surface area contributed by atoms with Crippen molar-refractivity contribution in [3.05, 3.63) is 0 Å². The van der Waals surface area contributed by atoms with E-state index in [1.54, 1.807) is 12.8 Å². The van der Waals surface area contributed by atoms with E-state index < -0.39 is 11.9 Å². The highest BCUT2D eigenvalue weighted by atomic mass is 16.5. The average Bonchev–Trinajstić information content (AvgIpc) is 2.05. The summed E-state index contributed by atoms with van der Waals surface area (Å²) < 4.78 is 4.32. The Morgan fingerprint density at radius 1 is 1.54 bits per heavy atom. The normalized spacial score (nSPS) is 6.23. The fraction of sp³-hybridized carbons (Fsp3) is 0.333. The Balaban J connectivity index is 0. The first kappa shape index (κ1) is 13.6. The van der Waals surface area contributed by atoms with Crippen LogP contribution in [0, 0.1) is 24.2 Å². The average molecular weight is 182 g/mol. The molecule has 1 N–H and O–H groups in total. The minimum Gasteiger partial charge on any atom is -0.472 e. The summed E-state index contributed by atoms with van der Waals surface area (Å²) in [6.07, 6.45) is 4.63. The van der Waals surface area contributed by atoms with Gasteiger partial charge in [0, 0.05) is 11.8 Å². The Morgan fingerprint density at radius 3 is 2.15 bits per heavy atom. The zero-order valence-corrected chi connectivity index (χ0v) is 7.46. The summed E-state index contributed by atoms with van der Waals surface area (Å²) in [6, 6.07) is 0. The molecule has 0 atom stereocenters. The van der Waals surface area contributed by atoms with Gasteiger partial charge in [0.15, 0.2) is 0 Å². The number of terminal acetylenes is 1. The second-order valence-electron chi connectivity index (χ2n) is 1.54. The van der Waals surface area contributed by atoms with E-state index in [1.807, 2.05) is 5.92 Å². The molecular formula is C9H10O4. The predicted octanol–water partition coefficient (Wildman–Crippen LogP) is 0.277. The lowest BCUT2D eigenvalue weighted by Gasteiger charge is -1.88. The van der Waals surface area contributed by atoms with Crippen molar-refractivity contribution in [2.75, 3.05) is 6.61 Å². The maximum Gasteiger partial charge on any atom is 0.384 e. The molecule has 0 bridgehead atoms. The van der Waals surface area contributed by atoms with Crippen molar-refractivity contribution in [3.63, 3.8) is 0 Å². The number of ether oxygens (including phenoxy) is 1. The number of hydrogen-bond donors (Lipinski definition) is 1. The van der Waals surface area contributed by atoms with Gasteiger partial charge in [-0.2, -0.15) is 0 Å².